The molecule has 1 unspecified atom stereocenters. The molecule has 1 aliphatic heterocycles. The molecule has 88 valence electrons. The van der Waals surface area contributed by atoms with Gasteiger partial charge < -0.3 is 14.6 Å². The predicted octanol–water partition coefficient (Wildman–Crippen LogP) is 1.73. The zero-order valence-corrected chi connectivity index (χ0v) is 9.41. The quantitative estimate of drug-likeness (QED) is 0.560. The highest BCUT2D eigenvalue weighted by Gasteiger charge is 2.31. The second kappa shape index (κ2) is 5.28. The van der Waals surface area contributed by atoms with Crippen molar-refractivity contribution in [1.29, 1.82) is 0 Å². The first kappa shape index (κ1) is 11.4. The Balaban J connectivity index is 1.75. The number of hydrogen-bond donors (Lipinski definition) is 1. The molecule has 1 N–H and O–H groups in total. The van der Waals surface area contributed by atoms with E-state index in [2.05, 4.69) is 0 Å². The van der Waals surface area contributed by atoms with Gasteiger partial charge in [0.1, 0.15) is 6.10 Å². The van der Waals surface area contributed by atoms with E-state index in [4.69, 9.17) is 9.47 Å². The molecule has 1 heterocycles. The number of aliphatic hydroxyl groups is 1. The summed E-state index contributed by atoms with van der Waals surface area (Å²) >= 11 is 0. The lowest BCUT2D eigenvalue weighted by molar-refractivity contribution is -0.00768. The van der Waals surface area contributed by atoms with Crippen LogP contribution in [0.2, 0.25) is 0 Å². The fourth-order valence-corrected chi connectivity index (χ4v) is 2.40. The van der Waals surface area contributed by atoms with Gasteiger partial charge in [-0.2, -0.15) is 0 Å². The minimum absolute atomic E-state index is 0.0470. The highest BCUT2D eigenvalue weighted by atomic mass is 16.6. The first-order chi connectivity index (χ1) is 7.35. The Morgan fingerprint density at radius 3 is 2.40 bits per heavy atom. The molecule has 2 fully saturated rings. The van der Waals surface area contributed by atoms with Crippen molar-refractivity contribution in [3.63, 3.8) is 0 Å². The number of ether oxygens (including phenoxy) is 2. The van der Waals surface area contributed by atoms with Crippen LogP contribution >= 0.6 is 0 Å². The molecule has 0 aromatic heterocycles. The standard InChI is InChI=1S/C12H22O3/c13-9-12(5-3-1-2-4-6-12)10-14-7-11-8-15-11/h11,13H,1-10H2. The third-order valence-corrected chi connectivity index (χ3v) is 3.61. The van der Waals surface area contributed by atoms with Crippen molar-refractivity contribution in [2.75, 3.05) is 26.4 Å². The molecule has 0 radical (unpaired) electrons. The van der Waals surface area contributed by atoms with Crippen molar-refractivity contribution >= 4 is 0 Å². The Kier molecular flexibility index (Phi) is 4.00. The molecule has 1 saturated carbocycles. The first-order valence-corrected chi connectivity index (χ1v) is 6.15. The van der Waals surface area contributed by atoms with Crippen LogP contribution in [0.25, 0.3) is 0 Å². The van der Waals surface area contributed by atoms with Crippen LogP contribution in [-0.4, -0.2) is 37.6 Å². The summed E-state index contributed by atoms with van der Waals surface area (Å²) in [4.78, 5) is 0. The Hall–Kier alpha value is -0.120. The van der Waals surface area contributed by atoms with Crippen LogP contribution in [0.15, 0.2) is 0 Å². The van der Waals surface area contributed by atoms with Crippen molar-refractivity contribution in [3.8, 4) is 0 Å². The summed E-state index contributed by atoms with van der Waals surface area (Å²) in [5.74, 6) is 0. The summed E-state index contributed by atoms with van der Waals surface area (Å²) in [5.41, 5.74) is 0.0470. The van der Waals surface area contributed by atoms with Crippen LogP contribution in [0.3, 0.4) is 0 Å². The van der Waals surface area contributed by atoms with Gasteiger partial charge in [0.15, 0.2) is 0 Å². The number of rotatable bonds is 5. The van der Waals surface area contributed by atoms with Crippen LogP contribution in [0, 0.1) is 5.41 Å². The highest BCUT2D eigenvalue weighted by molar-refractivity contribution is 4.81. The second-order valence-corrected chi connectivity index (χ2v) is 5.04. The van der Waals surface area contributed by atoms with E-state index in [1.165, 1.54) is 25.7 Å². The lowest BCUT2D eigenvalue weighted by Crippen LogP contribution is -2.31. The Morgan fingerprint density at radius 1 is 1.20 bits per heavy atom. The number of hydrogen-bond acceptors (Lipinski definition) is 3. The van der Waals surface area contributed by atoms with Crippen LogP contribution in [0.5, 0.6) is 0 Å². The van der Waals surface area contributed by atoms with Gasteiger partial charge in [0.25, 0.3) is 0 Å². The molecule has 1 saturated heterocycles. The highest BCUT2D eigenvalue weighted by Crippen LogP contribution is 2.35. The maximum absolute atomic E-state index is 9.54. The molecule has 3 nitrogen and oxygen atoms in total. The van der Waals surface area contributed by atoms with Gasteiger partial charge in [0.2, 0.25) is 0 Å². The monoisotopic (exact) mass is 214 g/mol. The smallest absolute Gasteiger partial charge is 0.104 e. The van der Waals surface area contributed by atoms with Gasteiger partial charge >= 0.3 is 0 Å². The fraction of sp³-hybridized carbons (Fsp3) is 1.00. The molecule has 0 aromatic carbocycles. The minimum Gasteiger partial charge on any atom is -0.396 e. The Bertz CT molecular complexity index is 181. The molecule has 1 atom stereocenters. The van der Waals surface area contributed by atoms with Gasteiger partial charge in [-0.25, -0.2) is 0 Å². The first-order valence-electron chi connectivity index (χ1n) is 6.15. The maximum Gasteiger partial charge on any atom is 0.104 e. The minimum atomic E-state index is 0.0470. The number of epoxide rings is 1. The lowest BCUT2D eigenvalue weighted by Gasteiger charge is -2.30. The van der Waals surface area contributed by atoms with Crippen molar-refractivity contribution < 1.29 is 14.6 Å². The van der Waals surface area contributed by atoms with Gasteiger partial charge in [0.05, 0.1) is 26.4 Å². The average Bonchev–Trinajstić information content (AvgIpc) is 3.05. The van der Waals surface area contributed by atoms with Crippen LogP contribution in [0.1, 0.15) is 38.5 Å². The van der Waals surface area contributed by atoms with E-state index in [1.54, 1.807) is 0 Å². The Labute approximate surface area is 91.8 Å². The van der Waals surface area contributed by atoms with Crippen molar-refractivity contribution in [2.24, 2.45) is 5.41 Å². The van der Waals surface area contributed by atoms with Gasteiger partial charge in [0, 0.05) is 5.41 Å². The summed E-state index contributed by atoms with van der Waals surface area (Å²) in [6, 6.07) is 0. The van der Waals surface area contributed by atoms with Crippen molar-refractivity contribution in [2.45, 2.75) is 44.6 Å². The van der Waals surface area contributed by atoms with Crippen molar-refractivity contribution in [1.82, 2.24) is 0 Å². The SMILES string of the molecule is OCC1(COCC2CO2)CCCCCC1. The summed E-state index contributed by atoms with van der Waals surface area (Å²) in [5, 5.41) is 9.54. The van der Waals surface area contributed by atoms with Gasteiger partial charge in [-0.3, -0.25) is 0 Å². The maximum atomic E-state index is 9.54. The van der Waals surface area contributed by atoms with E-state index in [0.717, 1.165) is 19.4 Å². The van der Waals surface area contributed by atoms with E-state index in [9.17, 15) is 5.11 Å². The molecule has 0 amide bonds. The van der Waals surface area contributed by atoms with E-state index in [1.807, 2.05) is 0 Å². The third kappa shape index (κ3) is 3.44. The largest absolute Gasteiger partial charge is 0.396 e. The molecule has 2 aliphatic rings. The third-order valence-electron chi connectivity index (χ3n) is 3.61. The molecule has 0 aromatic rings. The molecular formula is C12H22O3. The van der Waals surface area contributed by atoms with Gasteiger partial charge in [-0.05, 0) is 12.8 Å². The van der Waals surface area contributed by atoms with E-state index in [-0.39, 0.29) is 12.0 Å². The van der Waals surface area contributed by atoms with E-state index in [0.29, 0.717) is 19.3 Å². The van der Waals surface area contributed by atoms with E-state index < -0.39 is 0 Å². The topological polar surface area (TPSA) is 42.0 Å². The lowest BCUT2D eigenvalue weighted by atomic mass is 9.82. The Morgan fingerprint density at radius 2 is 1.87 bits per heavy atom. The summed E-state index contributed by atoms with van der Waals surface area (Å²) in [6.07, 6.45) is 7.69. The average molecular weight is 214 g/mol. The predicted molar refractivity (Wildman–Crippen MR) is 57.8 cm³/mol. The molecule has 1 aliphatic carbocycles. The zero-order chi connectivity index (χ0) is 10.6. The molecule has 2 rings (SSSR count). The fourth-order valence-electron chi connectivity index (χ4n) is 2.40. The molecule has 3 heteroatoms. The number of aliphatic hydroxyl groups excluding tert-OH is 1. The zero-order valence-electron chi connectivity index (χ0n) is 9.41. The molecule has 0 spiro atoms. The second-order valence-electron chi connectivity index (χ2n) is 5.04. The van der Waals surface area contributed by atoms with Gasteiger partial charge in [-0.15, -0.1) is 0 Å². The molecule has 15 heavy (non-hydrogen) atoms. The molecular weight excluding hydrogens is 192 g/mol. The van der Waals surface area contributed by atoms with Crippen LogP contribution in [-0.2, 0) is 9.47 Å². The summed E-state index contributed by atoms with van der Waals surface area (Å²) in [6.45, 7) is 2.55. The van der Waals surface area contributed by atoms with E-state index >= 15 is 0 Å². The van der Waals surface area contributed by atoms with Crippen LogP contribution < -0.4 is 0 Å². The summed E-state index contributed by atoms with van der Waals surface area (Å²) in [7, 11) is 0. The molecule has 0 bridgehead atoms. The summed E-state index contributed by atoms with van der Waals surface area (Å²) < 4.78 is 10.8. The van der Waals surface area contributed by atoms with Crippen molar-refractivity contribution in [3.05, 3.63) is 0 Å². The normalized spacial score (nSPS) is 29.8. The van der Waals surface area contributed by atoms with Crippen LogP contribution in [0.4, 0.5) is 0 Å². The van der Waals surface area contributed by atoms with Gasteiger partial charge in [-0.1, -0.05) is 25.7 Å².